The molecule has 1 aliphatic heterocycles. The van der Waals surface area contributed by atoms with Crippen LogP contribution < -0.4 is 14.8 Å². The second-order valence-corrected chi connectivity index (χ2v) is 9.04. The SMILES string of the molecule is CCc1ccc(-c2csc(NC(=O)c3cc(-c4ccc5c(c4)OCO5)nc4ccccc34)n2)cc1. The highest BCUT2D eigenvalue weighted by molar-refractivity contribution is 7.14. The molecule has 3 heterocycles. The summed E-state index contributed by atoms with van der Waals surface area (Å²) in [6, 6.07) is 23.4. The lowest BCUT2D eigenvalue weighted by Gasteiger charge is -2.10. The molecule has 6 rings (SSSR count). The summed E-state index contributed by atoms with van der Waals surface area (Å²) in [5.74, 6) is 1.15. The Morgan fingerprint density at radius 1 is 0.914 bits per heavy atom. The molecule has 0 saturated heterocycles. The van der Waals surface area contributed by atoms with E-state index >= 15 is 0 Å². The fraction of sp³-hybridized carbons (Fsp3) is 0.107. The predicted molar refractivity (Wildman–Crippen MR) is 138 cm³/mol. The fourth-order valence-electron chi connectivity index (χ4n) is 4.11. The van der Waals surface area contributed by atoms with Crippen LogP contribution in [0.3, 0.4) is 0 Å². The van der Waals surface area contributed by atoms with E-state index in [0.29, 0.717) is 27.9 Å². The van der Waals surface area contributed by atoms with Gasteiger partial charge in [-0.25, -0.2) is 9.97 Å². The summed E-state index contributed by atoms with van der Waals surface area (Å²) in [4.78, 5) is 22.8. The highest BCUT2D eigenvalue weighted by atomic mass is 32.1. The topological polar surface area (TPSA) is 73.3 Å². The maximum absolute atomic E-state index is 13.4. The minimum absolute atomic E-state index is 0.205. The molecule has 0 spiro atoms. The number of nitrogens with one attached hydrogen (secondary N) is 1. The van der Waals surface area contributed by atoms with Crippen molar-refractivity contribution < 1.29 is 14.3 Å². The highest BCUT2D eigenvalue weighted by Gasteiger charge is 2.18. The Balaban J connectivity index is 1.33. The minimum atomic E-state index is -0.229. The maximum atomic E-state index is 13.4. The van der Waals surface area contributed by atoms with Gasteiger partial charge in [-0.2, -0.15) is 0 Å². The van der Waals surface area contributed by atoms with E-state index in [1.807, 2.05) is 53.9 Å². The van der Waals surface area contributed by atoms with E-state index in [9.17, 15) is 4.79 Å². The number of anilines is 1. The van der Waals surface area contributed by atoms with Crippen LogP contribution in [0.2, 0.25) is 0 Å². The van der Waals surface area contributed by atoms with Gasteiger partial charge in [0.1, 0.15) is 0 Å². The molecule has 35 heavy (non-hydrogen) atoms. The van der Waals surface area contributed by atoms with E-state index in [2.05, 4.69) is 41.5 Å². The van der Waals surface area contributed by atoms with Crippen molar-refractivity contribution in [3.05, 3.63) is 89.3 Å². The monoisotopic (exact) mass is 479 g/mol. The van der Waals surface area contributed by atoms with Crippen molar-refractivity contribution in [3.8, 4) is 34.0 Å². The number of hydrogen-bond donors (Lipinski definition) is 1. The molecule has 0 unspecified atom stereocenters. The molecule has 2 aromatic heterocycles. The zero-order valence-electron chi connectivity index (χ0n) is 18.9. The van der Waals surface area contributed by atoms with Crippen molar-refractivity contribution in [1.82, 2.24) is 9.97 Å². The van der Waals surface area contributed by atoms with Gasteiger partial charge in [0.25, 0.3) is 5.91 Å². The molecule has 0 aliphatic carbocycles. The zero-order valence-corrected chi connectivity index (χ0v) is 19.8. The predicted octanol–water partition coefficient (Wildman–Crippen LogP) is 6.57. The van der Waals surface area contributed by atoms with E-state index in [-0.39, 0.29) is 12.7 Å². The summed E-state index contributed by atoms with van der Waals surface area (Å²) in [6.45, 7) is 2.34. The van der Waals surface area contributed by atoms with Gasteiger partial charge < -0.3 is 9.47 Å². The van der Waals surface area contributed by atoms with E-state index in [1.54, 1.807) is 0 Å². The van der Waals surface area contributed by atoms with E-state index in [0.717, 1.165) is 34.1 Å². The van der Waals surface area contributed by atoms with Gasteiger partial charge in [-0.05, 0) is 42.3 Å². The molecule has 0 atom stereocenters. The second kappa shape index (κ2) is 8.85. The average Bonchev–Trinajstić information content (AvgIpc) is 3.57. The molecule has 6 nitrogen and oxygen atoms in total. The smallest absolute Gasteiger partial charge is 0.258 e. The molecule has 1 aliphatic rings. The lowest BCUT2D eigenvalue weighted by atomic mass is 10.0. The number of benzene rings is 3. The first-order valence-electron chi connectivity index (χ1n) is 11.3. The molecule has 0 bridgehead atoms. The van der Waals surface area contributed by atoms with E-state index in [1.165, 1.54) is 16.9 Å². The Kier molecular flexibility index (Phi) is 5.39. The van der Waals surface area contributed by atoms with Crippen LogP contribution in [0.1, 0.15) is 22.8 Å². The molecule has 1 N–H and O–H groups in total. The molecular formula is C28H21N3O3S. The summed E-state index contributed by atoms with van der Waals surface area (Å²) in [7, 11) is 0. The lowest BCUT2D eigenvalue weighted by molar-refractivity contribution is 0.102. The number of hydrogen-bond acceptors (Lipinski definition) is 6. The van der Waals surface area contributed by atoms with Crippen LogP contribution in [-0.4, -0.2) is 22.7 Å². The molecule has 3 aromatic carbocycles. The Bertz CT molecular complexity index is 1560. The molecule has 7 heteroatoms. The van der Waals surface area contributed by atoms with Crippen LogP contribution in [0.25, 0.3) is 33.4 Å². The van der Waals surface area contributed by atoms with Crippen molar-refractivity contribution in [2.24, 2.45) is 0 Å². The van der Waals surface area contributed by atoms with E-state index < -0.39 is 0 Å². The first-order chi connectivity index (χ1) is 17.2. The minimum Gasteiger partial charge on any atom is -0.454 e. The first-order valence-corrected chi connectivity index (χ1v) is 12.2. The largest absolute Gasteiger partial charge is 0.454 e. The van der Waals surface area contributed by atoms with Crippen molar-refractivity contribution in [3.63, 3.8) is 0 Å². The van der Waals surface area contributed by atoms with Crippen molar-refractivity contribution in [2.45, 2.75) is 13.3 Å². The van der Waals surface area contributed by atoms with Gasteiger partial charge in [-0.1, -0.05) is 49.4 Å². The number of thiazole rings is 1. The van der Waals surface area contributed by atoms with Crippen LogP contribution in [-0.2, 0) is 6.42 Å². The molecule has 0 radical (unpaired) electrons. The third kappa shape index (κ3) is 4.11. The number of ether oxygens (including phenoxy) is 2. The van der Waals surface area contributed by atoms with Gasteiger partial charge in [0.15, 0.2) is 16.6 Å². The van der Waals surface area contributed by atoms with Crippen LogP contribution in [0.5, 0.6) is 11.5 Å². The average molecular weight is 480 g/mol. The zero-order chi connectivity index (χ0) is 23.8. The summed E-state index contributed by atoms with van der Waals surface area (Å²) < 4.78 is 10.9. The molecule has 1 amide bonds. The van der Waals surface area contributed by atoms with E-state index in [4.69, 9.17) is 14.5 Å². The van der Waals surface area contributed by atoms with Crippen molar-refractivity contribution in [2.75, 3.05) is 12.1 Å². The van der Waals surface area contributed by atoms with Crippen LogP contribution >= 0.6 is 11.3 Å². The third-order valence-electron chi connectivity index (χ3n) is 6.01. The number of rotatable bonds is 5. The van der Waals surface area contributed by atoms with Crippen molar-refractivity contribution in [1.29, 1.82) is 0 Å². The van der Waals surface area contributed by atoms with Gasteiger partial charge in [0.05, 0.1) is 22.5 Å². The second-order valence-electron chi connectivity index (χ2n) is 8.18. The lowest BCUT2D eigenvalue weighted by Crippen LogP contribution is -2.13. The third-order valence-corrected chi connectivity index (χ3v) is 6.77. The summed E-state index contributed by atoms with van der Waals surface area (Å²) >= 11 is 1.41. The van der Waals surface area contributed by atoms with Gasteiger partial charge >= 0.3 is 0 Å². The normalized spacial score (nSPS) is 12.1. The number of carbonyl (C=O) groups is 1. The number of aromatic nitrogens is 2. The van der Waals surface area contributed by atoms with Crippen molar-refractivity contribution >= 4 is 33.3 Å². The summed E-state index contributed by atoms with van der Waals surface area (Å²) in [5, 5.41) is 6.27. The molecule has 0 saturated carbocycles. The number of fused-ring (bicyclic) bond motifs is 2. The number of para-hydroxylation sites is 1. The standard InChI is InChI=1S/C28H21N3O3S/c1-2-17-7-9-18(10-8-17)24-15-35-28(30-24)31-27(32)21-14-23(29-22-6-4-3-5-20(21)22)19-11-12-25-26(13-19)34-16-33-25/h3-15H,2,16H2,1H3,(H,30,31,32). The number of amides is 1. The Hall–Kier alpha value is -4.23. The number of nitrogens with zero attached hydrogens (tertiary/aromatic N) is 2. The Morgan fingerprint density at radius 3 is 2.57 bits per heavy atom. The molecule has 0 fully saturated rings. The molecule has 172 valence electrons. The van der Waals surface area contributed by atoms with Gasteiger partial charge in [-0.15, -0.1) is 11.3 Å². The number of aryl methyl sites for hydroxylation is 1. The van der Waals surface area contributed by atoms with Crippen LogP contribution in [0.4, 0.5) is 5.13 Å². The maximum Gasteiger partial charge on any atom is 0.258 e. The molecule has 5 aromatic rings. The highest BCUT2D eigenvalue weighted by Crippen LogP contribution is 2.36. The molecular weight excluding hydrogens is 458 g/mol. The van der Waals surface area contributed by atoms with Gasteiger partial charge in [0, 0.05) is 21.9 Å². The first kappa shape index (κ1) is 21.3. The summed E-state index contributed by atoms with van der Waals surface area (Å²) in [5.41, 5.74) is 5.95. The quantitative estimate of drug-likeness (QED) is 0.309. The van der Waals surface area contributed by atoms with Crippen LogP contribution in [0.15, 0.2) is 78.2 Å². The Morgan fingerprint density at radius 2 is 1.71 bits per heavy atom. The van der Waals surface area contributed by atoms with Gasteiger partial charge in [-0.3, -0.25) is 10.1 Å². The summed E-state index contributed by atoms with van der Waals surface area (Å²) in [6.07, 6.45) is 0.993. The van der Waals surface area contributed by atoms with Gasteiger partial charge in [0.2, 0.25) is 6.79 Å². The number of carbonyl (C=O) groups excluding carboxylic acids is 1. The fourth-order valence-corrected chi connectivity index (χ4v) is 4.82. The number of pyridine rings is 1. The Labute approximate surface area is 206 Å². The van der Waals surface area contributed by atoms with Crippen LogP contribution in [0, 0.1) is 0 Å².